The van der Waals surface area contributed by atoms with Gasteiger partial charge in [-0.2, -0.15) is 0 Å². The minimum Gasteiger partial charge on any atom is -0.487 e. The van der Waals surface area contributed by atoms with Crippen molar-refractivity contribution in [3.8, 4) is 5.75 Å². The molecule has 0 aliphatic carbocycles. The Bertz CT molecular complexity index is 764. The van der Waals surface area contributed by atoms with E-state index in [0.29, 0.717) is 17.9 Å². The molecule has 0 unspecified atom stereocenters. The summed E-state index contributed by atoms with van der Waals surface area (Å²) in [7, 11) is -2.07. The molecule has 0 saturated carbocycles. The van der Waals surface area contributed by atoms with E-state index in [9.17, 15) is 18.3 Å². The predicted molar refractivity (Wildman–Crippen MR) is 89.1 cm³/mol. The number of nitrogens with one attached hydrogen (secondary N) is 1. The van der Waals surface area contributed by atoms with Gasteiger partial charge in [-0.3, -0.25) is 9.52 Å². The van der Waals surface area contributed by atoms with Crippen LogP contribution in [-0.4, -0.2) is 57.8 Å². The topological polar surface area (TPSA) is 111 Å². The third kappa shape index (κ3) is 3.88. The van der Waals surface area contributed by atoms with E-state index < -0.39 is 22.2 Å². The number of rotatable bonds is 5. The Balaban J connectivity index is 1.86. The molecule has 1 aromatic rings. The van der Waals surface area contributed by atoms with Crippen molar-refractivity contribution >= 4 is 21.7 Å². The van der Waals surface area contributed by atoms with Gasteiger partial charge in [0.15, 0.2) is 0 Å². The Morgan fingerprint density at radius 2 is 2.20 bits per heavy atom. The smallest absolute Gasteiger partial charge is 0.308 e. The molecule has 2 aliphatic rings. The van der Waals surface area contributed by atoms with Crippen LogP contribution in [0.15, 0.2) is 18.2 Å². The van der Waals surface area contributed by atoms with Crippen molar-refractivity contribution in [3.05, 3.63) is 23.8 Å². The Kier molecular flexibility index (Phi) is 4.90. The number of hydrogen-bond donors (Lipinski definition) is 2. The number of sulfonamides is 1. The first kappa shape index (κ1) is 18.0. The quantitative estimate of drug-likeness (QED) is 0.730. The van der Waals surface area contributed by atoms with Gasteiger partial charge in [-0.25, -0.2) is 8.42 Å². The highest BCUT2D eigenvalue weighted by Gasteiger charge is 2.46. The molecule has 2 aliphatic heterocycles. The number of hydrogen-bond acceptors (Lipinski definition) is 7. The second kappa shape index (κ2) is 6.81. The normalized spacial score (nSPS) is 27.8. The SMILES string of the molecule is COC(=O)C[C@@H]1C[C@H]2c3cc(NS(C)(=O)=O)ccc3O[C@H]2[C@H](CO)O1. The average Bonchev–Trinajstić information content (AvgIpc) is 2.90. The lowest BCUT2D eigenvalue weighted by molar-refractivity contribution is -0.156. The predicted octanol–water partition coefficient (Wildman–Crippen LogP) is 0.616. The maximum absolute atomic E-state index is 11.6. The van der Waals surface area contributed by atoms with Crippen LogP contribution >= 0.6 is 0 Å². The lowest BCUT2D eigenvalue weighted by Crippen LogP contribution is -2.46. The van der Waals surface area contributed by atoms with Crippen LogP contribution in [0, 0.1) is 0 Å². The molecule has 9 heteroatoms. The summed E-state index contributed by atoms with van der Waals surface area (Å²) in [5.74, 6) is 0.151. The van der Waals surface area contributed by atoms with Crippen LogP contribution in [0.2, 0.25) is 0 Å². The number of fused-ring (bicyclic) bond motifs is 3. The van der Waals surface area contributed by atoms with Gasteiger partial charge in [-0.1, -0.05) is 0 Å². The molecular weight excluding hydrogens is 350 g/mol. The zero-order valence-electron chi connectivity index (χ0n) is 14.0. The number of esters is 1. The number of benzene rings is 1. The standard InChI is InChI=1S/C16H21NO7S/c1-22-15(19)7-10-6-12-11-5-9(17-25(2,20)21)3-4-13(11)24-16(12)14(8-18)23-10/h3-5,10,12,14,16-18H,6-8H2,1-2H3/t10-,12-,14-,16+/m0/s1. The lowest BCUT2D eigenvalue weighted by atomic mass is 9.84. The Morgan fingerprint density at radius 3 is 2.84 bits per heavy atom. The van der Waals surface area contributed by atoms with Gasteiger partial charge in [-0.15, -0.1) is 0 Å². The van der Waals surface area contributed by atoms with Crippen molar-refractivity contribution in [3.63, 3.8) is 0 Å². The van der Waals surface area contributed by atoms with Crippen LogP contribution in [0.4, 0.5) is 5.69 Å². The van der Waals surface area contributed by atoms with Gasteiger partial charge in [0, 0.05) is 17.2 Å². The van der Waals surface area contributed by atoms with Gasteiger partial charge < -0.3 is 19.3 Å². The van der Waals surface area contributed by atoms with Crippen molar-refractivity contribution in [2.45, 2.75) is 37.1 Å². The molecule has 0 amide bonds. The van der Waals surface area contributed by atoms with Gasteiger partial charge in [0.2, 0.25) is 10.0 Å². The number of aliphatic hydroxyl groups is 1. The fourth-order valence-corrected chi connectivity index (χ4v) is 3.99. The zero-order valence-corrected chi connectivity index (χ0v) is 14.8. The number of carbonyl (C=O) groups excluding carboxylic acids is 1. The van der Waals surface area contributed by atoms with Crippen molar-refractivity contribution < 1.29 is 32.5 Å². The molecule has 1 saturated heterocycles. The third-order valence-electron chi connectivity index (χ3n) is 4.42. The molecule has 1 aromatic carbocycles. The second-order valence-corrected chi connectivity index (χ2v) is 8.06. The summed E-state index contributed by atoms with van der Waals surface area (Å²) >= 11 is 0. The van der Waals surface area contributed by atoms with E-state index in [1.165, 1.54) is 7.11 Å². The minimum atomic E-state index is -3.39. The number of aliphatic hydroxyl groups excluding tert-OH is 1. The van der Waals surface area contributed by atoms with Crippen LogP contribution in [0.1, 0.15) is 24.3 Å². The van der Waals surface area contributed by atoms with Gasteiger partial charge >= 0.3 is 5.97 Å². The van der Waals surface area contributed by atoms with Crippen LogP contribution in [0.5, 0.6) is 5.75 Å². The van der Waals surface area contributed by atoms with Crippen molar-refractivity contribution in [2.75, 3.05) is 24.7 Å². The fourth-order valence-electron chi connectivity index (χ4n) is 3.44. The summed E-state index contributed by atoms with van der Waals surface area (Å²) in [6.45, 7) is -0.235. The Labute approximate surface area is 146 Å². The van der Waals surface area contributed by atoms with Crippen molar-refractivity contribution in [1.29, 1.82) is 0 Å². The molecule has 2 N–H and O–H groups in total. The van der Waals surface area contributed by atoms with E-state index in [1.807, 2.05) is 0 Å². The van der Waals surface area contributed by atoms with Gasteiger partial charge in [0.1, 0.15) is 18.0 Å². The molecule has 0 spiro atoms. The number of anilines is 1. The van der Waals surface area contributed by atoms with E-state index in [4.69, 9.17) is 9.47 Å². The van der Waals surface area contributed by atoms with Crippen molar-refractivity contribution in [1.82, 2.24) is 0 Å². The molecule has 0 aromatic heterocycles. The number of ether oxygens (including phenoxy) is 3. The molecule has 4 atom stereocenters. The van der Waals surface area contributed by atoms with E-state index in [2.05, 4.69) is 9.46 Å². The summed E-state index contributed by atoms with van der Waals surface area (Å²) in [5, 5.41) is 9.62. The largest absolute Gasteiger partial charge is 0.487 e. The molecule has 25 heavy (non-hydrogen) atoms. The molecule has 8 nitrogen and oxygen atoms in total. The van der Waals surface area contributed by atoms with Gasteiger partial charge in [0.05, 0.1) is 32.5 Å². The maximum atomic E-state index is 11.6. The summed E-state index contributed by atoms with van der Waals surface area (Å²) in [6, 6.07) is 5.05. The molecule has 2 heterocycles. The first-order valence-corrected chi connectivity index (χ1v) is 9.81. The molecule has 1 fully saturated rings. The van der Waals surface area contributed by atoms with Gasteiger partial charge in [0.25, 0.3) is 0 Å². The van der Waals surface area contributed by atoms with E-state index in [0.717, 1.165) is 11.8 Å². The fraction of sp³-hybridized carbons (Fsp3) is 0.562. The Hall–Kier alpha value is -1.84. The van der Waals surface area contributed by atoms with Crippen molar-refractivity contribution in [2.24, 2.45) is 0 Å². The van der Waals surface area contributed by atoms with Crippen LogP contribution in [0.3, 0.4) is 0 Å². The summed E-state index contributed by atoms with van der Waals surface area (Å²) in [6.07, 6.45) is 0.363. The number of methoxy groups -OCH3 is 1. The lowest BCUT2D eigenvalue weighted by Gasteiger charge is -2.36. The minimum absolute atomic E-state index is 0.0901. The molecular formula is C16H21NO7S. The first-order chi connectivity index (χ1) is 11.8. The number of carbonyl (C=O) groups is 1. The maximum Gasteiger partial charge on any atom is 0.308 e. The average molecular weight is 371 g/mol. The highest BCUT2D eigenvalue weighted by molar-refractivity contribution is 7.92. The Morgan fingerprint density at radius 1 is 1.44 bits per heavy atom. The van der Waals surface area contributed by atoms with E-state index >= 15 is 0 Å². The molecule has 3 rings (SSSR count). The van der Waals surface area contributed by atoms with Crippen LogP contribution in [0.25, 0.3) is 0 Å². The molecule has 138 valence electrons. The van der Waals surface area contributed by atoms with E-state index in [1.54, 1.807) is 18.2 Å². The molecule has 0 bridgehead atoms. The summed E-state index contributed by atoms with van der Waals surface area (Å²) in [5.41, 5.74) is 1.29. The molecule has 0 radical (unpaired) electrons. The van der Waals surface area contributed by atoms with Crippen LogP contribution in [-0.2, 0) is 24.3 Å². The van der Waals surface area contributed by atoms with E-state index in [-0.39, 0.29) is 31.0 Å². The van der Waals surface area contributed by atoms with Gasteiger partial charge in [-0.05, 0) is 24.6 Å². The first-order valence-electron chi connectivity index (χ1n) is 7.92. The van der Waals surface area contributed by atoms with Crippen LogP contribution < -0.4 is 9.46 Å². The highest BCUT2D eigenvalue weighted by atomic mass is 32.2. The second-order valence-electron chi connectivity index (χ2n) is 6.31. The third-order valence-corrected chi connectivity index (χ3v) is 5.03. The zero-order chi connectivity index (χ0) is 18.2. The monoisotopic (exact) mass is 371 g/mol. The highest BCUT2D eigenvalue weighted by Crippen LogP contribution is 2.47. The summed E-state index contributed by atoms with van der Waals surface area (Å²) in [4.78, 5) is 11.6. The summed E-state index contributed by atoms with van der Waals surface area (Å²) < 4.78 is 41.7.